The maximum atomic E-state index is 13.5. The van der Waals surface area contributed by atoms with Gasteiger partial charge in [0, 0.05) is 10.5 Å². The van der Waals surface area contributed by atoms with Crippen LogP contribution in [0, 0.1) is 0 Å². The Hall–Kier alpha value is -4.62. The van der Waals surface area contributed by atoms with Crippen LogP contribution in [0.4, 0.5) is 0 Å². The summed E-state index contributed by atoms with van der Waals surface area (Å²) in [7, 11) is -3.28. The second-order valence-electron chi connectivity index (χ2n) is 18.5. The van der Waals surface area contributed by atoms with Gasteiger partial charge in [-0.25, -0.2) is 4.79 Å². The Morgan fingerprint density at radius 2 is 1.35 bits per heavy atom. The van der Waals surface area contributed by atoms with Gasteiger partial charge in [0.1, 0.15) is 36.6 Å². The number of carbonyl (C=O) groups is 1. The third-order valence-electron chi connectivity index (χ3n) is 12.7. The van der Waals surface area contributed by atoms with Crippen molar-refractivity contribution in [1.82, 2.24) is 0 Å². The minimum absolute atomic E-state index is 0.135. The Bertz CT molecular complexity index is 2040. The van der Waals surface area contributed by atoms with Gasteiger partial charge in [0.05, 0.1) is 18.8 Å². The number of nitrogens with zero attached hydrogens (tertiary/aromatic N) is 3. The third kappa shape index (κ3) is 13.7. The van der Waals surface area contributed by atoms with Crippen LogP contribution in [0.5, 0.6) is 0 Å². The summed E-state index contributed by atoms with van der Waals surface area (Å²) in [6, 6.07) is 37.9. The lowest BCUT2D eigenvalue weighted by Gasteiger charge is -2.52. The lowest BCUT2D eigenvalue weighted by atomic mass is 9.98. The number of ether oxygens (including phenoxy) is 5. The highest BCUT2D eigenvalue weighted by molar-refractivity contribution is 6.99. The molecular weight excluding hydrogens is 847 g/mol. The SMILES string of the molecule is CCCCCCCCCCCCC/C=C/[C@@H](OC(=O)c1ccccc1)[C@H](CO[C@@H]1O[C@@H]2COC(c3ccccc3)O[C@H]2[C@H](O[Si](c2ccccc2)(c2ccccc2)C(C)(C)C)[C@@H]1O)N=[N+]=[N-]. The van der Waals surface area contributed by atoms with E-state index in [-0.39, 0.29) is 13.2 Å². The summed E-state index contributed by atoms with van der Waals surface area (Å²) in [5.41, 5.74) is 11.1. The number of allylic oxidation sites excluding steroid dienone is 1. The van der Waals surface area contributed by atoms with Crippen molar-refractivity contribution in [2.24, 2.45) is 5.11 Å². The smallest absolute Gasteiger partial charge is 0.338 e. The van der Waals surface area contributed by atoms with E-state index < -0.39 is 68.5 Å². The molecule has 354 valence electrons. The fraction of sp³-hybridized carbons (Fsp3) is 0.500. The molecule has 2 aliphatic rings. The van der Waals surface area contributed by atoms with Gasteiger partial charge < -0.3 is 33.2 Å². The van der Waals surface area contributed by atoms with Gasteiger partial charge in [0.15, 0.2) is 12.6 Å². The number of azide groups is 1. The van der Waals surface area contributed by atoms with Crippen LogP contribution in [0.2, 0.25) is 5.04 Å². The van der Waals surface area contributed by atoms with Crippen molar-refractivity contribution in [3.63, 3.8) is 0 Å². The van der Waals surface area contributed by atoms with Crippen molar-refractivity contribution >= 4 is 24.7 Å². The van der Waals surface area contributed by atoms with E-state index >= 15 is 0 Å². The summed E-state index contributed by atoms with van der Waals surface area (Å²) in [4.78, 5) is 16.6. The van der Waals surface area contributed by atoms with Crippen molar-refractivity contribution in [1.29, 1.82) is 0 Å². The lowest BCUT2D eigenvalue weighted by molar-refractivity contribution is -0.359. The number of esters is 1. The topological polar surface area (TPSA) is 141 Å². The highest BCUT2D eigenvalue weighted by Gasteiger charge is 2.58. The average molecular weight is 918 g/mol. The molecule has 2 heterocycles. The van der Waals surface area contributed by atoms with E-state index in [1.807, 2.05) is 78.9 Å². The van der Waals surface area contributed by atoms with Gasteiger partial charge >= 0.3 is 5.97 Å². The Kier molecular flexibility index (Phi) is 20.1. The first-order valence-electron chi connectivity index (χ1n) is 24.2. The summed E-state index contributed by atoms with van der Waals surface area (Å²) in [6.45, 7) is 8.69. The minimum atomic E-state index is -3.28. The number of unbranched alkanes of at least 4 members (excludes halogenated alkanes) is 11. The zero-order chi connectivity index (χ0) is 46.6. The molecule has 0 saturated carbocycles. The largest absolute Gasteiger partial charge is 0.454 e. The fourth-order valence-corrected chi connectivity index (χ4v) is 13.8. The van der Waals surface area contributed by atoms with Gasteiger partial charge in [-0.15, -0.1) is 0 Å². The fourth-order valence-electron chi connectivity index (χ4n) is 9.13. The second kappa shape index (κ2) is 26.1. The van der Waals surface area contributed by atoms with Crippen LogP contribution in [0.15, 0.2) is 139 Å². The van der Waals surface area contributed by atoms with E-state index in [1.54, 1.807) is 30.3 Å². The first-order chi connectivity index (χ1) is 32.2. The van der Waals surface area contributed by atoms with Gasteiger partial charge in [0.2, 0.25) is 0 Å². The number of benzene rings is 4. The maximum absolute atomic E-state index is 13.5. The molecule has 2 aliphatic heterocycles. The highest BCUT2D eigenvalue weighted by atomic mass is 28.4. The standard InChI is InChI=1S/C54H71N3O8Si/c1-5-6-7-8-9-10-11-12-13-14-15-16-29-38-46(62-51(59)41-30-21-17-22-31-41)45(56-57-55)39-60-53-48(58)50(49-47(63-53)40-61-52(64-49)42-32-23-18-24-33-42)65-66(54(2,3)4,43-34-25-19-26-35-43)44-36-27-20-28-37-44/h17-38,45-50,52-53,58H,5-16,39-40H2,1-4H3/b38-29+/t45-,46+,47+,48-,49+,50+,52?,53+/m0/s1. The molecule has 66 heavy (non-hydrogen) atoms. The van der Waals surface area contributed by atoms with Crippen LogP contribution < -0.4 is 10.4 Å². The van der Waals surface area contributed by atoms with E-state index in [4.69, 9.17) is 28.1 Å². The summed E-state index contributed by atoms with van der Waals surface area (Å²) in [5.74, 6) is -0.557. The molecule has 4 aromatic rings. The Morgan fingerprint density at radius 3 is 1.91 bits per heavy atom. The monoisotopic (exact) mass is 918 g/mol. The molecule has 6 rings (SSSR count). The van der Waals surface area contributed by atoms with Crippen molar-refractivity contribution in [3.8, 4) is 0 Å². The first kappa shape index (κ1) is 50.8. The number of aliphatic hydroxyl groups excluding tert-OH is 1. The number of hydrogen-bond acceptors (Lipinski definition) is 9. The quantitative estimate of drug-likeness (QED) is 0.0132. The molecule has 12 heteroatoms. The van der Waals surface area contributed by atoms with E-state index in [9.17, 15) is 15.4 Å². The summed E-state index contributed by atoms with van der Waals surface area (Å²) in [6.07, 6.45) is 11.5. The van der Waals surface area contributed by atoms with Gasteiger partial charge in [-0.2, -0.15) is 0 Å². The molecule has 0 aromatic heterocycles. The molecule has 0 aliphatic carbocycles. The molecule has 2 saturated heterocycles. The van der Waals surface area contributed by atoms with Gasteiger partial charge in [-0.3, -0.25) is 0 Å². The molecule has 0 bridgehead atoms. The average Bonchev–Trinajstić information content (AvgIpc) is 3.34. The number of carbonyl (C=O) groups excluding carboxylic acids is 1. The Morgan fingerprint density at radius 1 is 0.803 bits per heavy atom. The molecule has 0 amide bonds. The van der Waals surface area contributed by atoms with Crippen molar-refractivity contribution in [2.75, 3.05) is 13.2 Å². The number of hydrogen-bond donors (Lipinski definition) is 1. The molecule has 0 spiro atoms. The zero-order valence-corrected chi connectivity index (χ0v) is 40.4. The van der Waals surface area contributed by atoms with Gasteiger partial charge in [0.25, 0.3) is 8.32 Å². The van der Waals surface area contributed by atoms with Crippen molar-refractivity contribution in [2.45, 2.75) is 159 Å². The first-order valence-corrected chi connectivity index (χ1v) is 26.1. The predicted molar refractivity (Wildman–Crippen MR) is 262 cm³/mol. The summed E-state index contributed by atoms with van der Waals surface area (Å²) < 4.78 is 39.7. The number of fused-ring (bicyclic) bond motifs is 1. The molecule has 2 fully saturated rings. The minimum Gasteiger partial charge on any atom is -0.454 e. The molecule has 4 aromatic carbocycles. The third-order valence-corrected chi connectivity index (χ3v) is 17.7. The lowest BCUT2D eigenvalue weighted by Crippen LogP contribution is -2.72. The van der Waals surface area contributed by atoms with Crippen LogP contribution >= 0.6 is 0 Å². The Balaban J connectivity index is 1.23. The van der Waals surface area contributed by atoms with E-state index in [0.717, 1.165) is 35.2 Å². The molecule has 11 nitrogen and oxygen atoms in total. The van der Waals surface area contributed by atoms with E-state index in [2.05, 4.69) is 62.0 Å². The second-order valence-corrected chi connectivity index (χ2v) is 22.8. The summed E-state index contributed by atoms with van der Waals surface area (Å²) >= 11 is 0. The maximum Gasteiger partial charge on any atom is 0.338 e. The van der Waals surface area contributed by atoms with Crippen molar-refractivity contribution < 1.29 is 38.0 Å². The van der Waals surface area contributed by atoms with Crippen molar-refractivity contribution in [3.05, 3.63) is 155 Å². The number of rotatable bonds is 25. The normalized spacial score (nSPS) is 22.0. The zero-order valence-electron chi connectivity index (χ0n) is 39.4. The van der Waals surface area contributed by atoms with E-state index in [0.29, 0.717) is 5.56 Å². The number of aliphatic hydroxyl groups is 1. The molecule has 1 N–H and O–H groups in total. The van der Waals surface area contributed by atoms with Gasteiger partial charge in [-0.05, 0) is 52.0 Å². The van der Waals surface area contributed by atoms with Gasteiger partial charge in [-0.1, -0.05) is 212 Å². The molecular formula is C54H71N3O8Si. The predicted octanol–water partition coefficient (Wildman–Crippen LogP) is 11.3. The van der Waals surface area contributed by atoms with E-state index in [1.165, 1.54) is 57.8 Å². The molecule has 0 radical (unpaired) electrons. The van der Waals surface area contributed by atoms with Crippen LogP contribution in [-0.2, 0) is 28.1 Å². The van der Waals surface area contributed by atoms with Crippen LogP contribution in [0.25, 0.3) is 10.4 Å². The van der Waals surface area contributed by atoms with Crippen LogP contribution in [0.3, 0.4) is 0 Å². The van der Waals surface area contributed by atoms with Crippen LogP contribution in [0.1, 0.15) is 127 Å². The summed E-state index contributed by atoms with van der Waals surface area (Å²) in [5, 5.41) is 18.3. The molecule has 1 unspecified atom stereocenters. The molecule has 8 atom stereocenters. The highest BCUT2D eigenvalue weighted by Crippen LogP contribution is 2.42. The van der Waals surface area contributed by atoms with Crippen LogP contribution in [-0.4, -0.2) is 75.5 Å². The Labute approximate surface area is 393 Å².